The van der Waals surface area contributed by atoms with Gasteiger partial charge in [0, 0.05) is 37.9 Å². The van der Waals surface area contributed by atoms with E-state index in [4.69, 9.17) is 0 Å². The van der Waals surface area contributed by atoms with Crippen molar-refractivity contribution in [2.45, 2.75) is 45.3 Å². The van der Waals surface area contributed by atoms with Crippen molar-refractivity contribution in [1.82, 2.24) is 20.0 Å². The highest BCUT2D eigenvalue weighted by molar-refractivity contribution is 5.93. The Morgan fingerprint density at radius 3 is 2.93 bits per heavy atom. The Balaban J connectivity index is 1.76. The molecule has 1 aromatic carbocycles. The maximum Gasteiger partial charge on any atom is 0.274 e. The van der Waals surface area contributed by atoms with Crippen LogP contribution in [0.2, 0.25) is 0 Å². The molecular formula is C21H27FN4O. The molecule has 1 aliphatic rings. The van der Waals surface area contributed by atoms with Crippen molar-refractivity contribution in [3.63, 3.8) is 0 Å². The van der Waals surface area contributed by atoms with E-state index in [-0.39, 0.29) is 17.8 Å². The maximum absolute atomic E-state index is 13.7. The molecular weight excluding hydrogens is 343 g/mol. The van der Waals surface area contributed by atoms with E-state index in [9.17, 15) is 9.18 Å². The van der Waals surface area contributed by atoms with Gasteiger partial charge in [0.15, 0.2) is 5.69 Å². The van der Waals surface area contributed by atoms with Crippen LogP contribution in [-0.4, -0.2) is 40.7 Å². The van der Waals surface area contributed by atoms with Crippen LogP contribution < -0.4 is 5.32 Å². The molecule has 27 heavy (non-hydrogen) atoms. The van der Waals surface area contributed by atoms with Crippen molar-refractivity contribution < 1.29 is 9.18 Å². The fourth-order valence-corrected chi connectivity index (χ4v) is 3.53. The van der Waals surface area contributed by atoms with Gasteiger partial charge >= 0.3 is 0 Å². The highest BCUT2D eigenvalue weighted by Crippen LogP contribution is 2.26. The number of carbonyl (C=O) groups is 1. The second-order valence-corrected chi connectivity index (χ2v) is 7.35. The Kier molecular flexibility index (Phi) is 5.75. The van der Waals surface area contributed by atoms with Crippen LogP contribution in [0, 0.1) is 12.7 Å². The standard InChI is InChI=1S/C21H27FN4O/c1-5-10-26-19-9-8-16(12-17(19)20(24-26)21(27)25(3)4)23-13-15-7-6-14(2)18(22)11-15/h5-7,11,16,23H,1,8-10,12-13H2,2-4H3. The lowest BCUT2D eigenvalue weighted by atomic mass is 9.91. The molecule has 0 saturated carbocycles. The van der Waals surface area contributed by atoms with Gasteiger partial charge in [-0.2, -0.15) is 5.10 Å². The Morgan fingerprint density at radius 1 is 1.48 bits per heavy atom. The average molecular weight is 370 g/mol. The zero-order chi connectivity index (χ0) is 19.6. The number of rotatable bonds is 6. The highest BCUT2D eigenvalue weighted by atomic mass is 19.1. The highest BCUT2D eigenvalue weighted by Gasteiger charge is 2.29. The first kappa shape index (κ1) is 19.3. The van der Waals surface area contributed by atoms with Gasteiger partial charge in [-0.15, -0.1) is 6.58 Å². The van der Waals surface area contributed by atoms with Crippen LogP contribution in [0.15, 0.2) is 30.9 Å². The molecule has 1 amide bonds. The number of aryl methyl sites for hydroxylation is 1. The first-order valence-electron chi connectivity index (χ1n) is 9.30. The molecule has 0 saturated heterocycles. The summed E-state index contributed by atoms with van der Waals surface area (Å²) < 4.78 is 15.6. The van der Waals surface area contributed by atoms with Crippen LogP contribution >= 0.6 is 0 Å². The fraction of sp³-hybridized carbons (Fsp3) is 0.429. The molecule has 0 spiro atoms. The largest absolute Gasteiger partial charge is 0.343 e. The van der Waals surface area contributed by atoms with Crippen LogP contribution in [-0.2, 0) is 25.9 Å². The predicted octanol–water partition coefficient (Wildman–Crippen LogP) is 2.87. The molecule has 1 atom stereocenters. The number of nitrogens with one attached hydrogen (secondary N) is 1. The average Bonchev–Trinajstić information content (AvgIpc) is 3.00. The summed E-state index contributed by atoms with van der Waals surface area (Å²) >= 11 is 0. The van der Waals surface area contributed by atoms with Crippen LogP contribution in [0.25, 0.3) is 0 Å². The van der Waals surface area contributed by atoms with E-state index in [2.05, 4.69) is 17.0 Å². The van der Waals surface area contributed by atoms with Gasteiger partial charge in [0.2, 0.25) is 0 Å². The third kappa shape index (κ3) is 4.11. The molecule has 6 heteroatoms. The zero-order valence-corrected chi connectivity index (χ0v) is 16.3. The van der Waals surface area contributed by atoms with Crippen LogP contribution in [0.3, 0.4) is 0 Å². The third-order valence-corrected chi connectivity index (χ3v) is 5.09. The van der Waals surface area contributed by atoms with Crippen molar-refractivity contribution >= 4 is 5.91 Å². The van der Waals surface area contributed by atoms with Crippen molar-refractivity contribution in [3.8, 4) is 0 Å². The zero-order valence-electron chi connectivity index (χ0n) is 16.3. The van der Waals surface area contributed by atoms with Crippen molar-refractivity contribution in [3.05, 3.63) is 64.7 Å². The van der Waals surface area contributed by atoms with Crippen molar-refractivity contribution in [2.24, 2.45) is 0 Å². The number of fused-ring (bicyclic) bond motifs is 1. The molecule has 0 aliphatic heterocycles. The maximum atomic E-state index is 13.7. The minimum atomic E-state index is -0.176. The third-order valence-electron chi connectivity index (χ3n) is 5.09. The van der Waals surface area contributed by atoms with Gasteiger partial charge in [0.1, 0.15) is 5.82 Å². The summed E-state index contributed by atoms with van der Waals surface area (Å²) in [5.41, 5.74) is 4.26. The van der Waals surface area contributed by atoms with E-state index in [0.29, 0.717) is 24.3 Å². The summed E-state index contributed by atoms with van der Waals surface area (Å²) in [7, 11) is 3.48. The minimum absolute atomic E-state index is 0.0738. The summed E-state index contributed by atoms with van der Waals surface area (Å²) in [6.45, 7) is 6.76. The van der Waals surface area contributed by atoms with Gasteiger partial charge in [-0.3, -0.25) is 9.48 Å². The lowest BCUT2D eigenvalue weighted by Gasteiger charge is -2.25. The lowest BCUT2D eigenvalue weighted by Crippen LogP contribution is -2.35. The molecule has 0 bridgehead atoms. The SMILES string of the molecule is C=CCn1nc(C(=O)N(C)C)c2c1CCC(NCc1ccc(C)c(F)c1)C2. The summed E-state index contributed by atoms with van der Waals surface area (Å²) in [6.07, 6.45) is 4.36. The summed E-state index contributed by atoms with van der Waals surface area (Å²) in [4.78, 5) is 14.1. The second kappa shape index (κ2) is 8.05. The Labute approximate surface area is 159 Å². The number of nitrogens with zero attached hydrogens (tertiary/aromatic N) is 3. The molecule has 1 N–H and O–H groups in total. The van der Waals surface area contributed by atoms with E-state index >= 15 is 0 Å². The lowest BCUT2D eigenvalue weighted by molar-refractivity contribution is 0.0820. The first-order valence-corrected chi connectivity index (χ1v) is 9.30. The molecule has 1 aliphatic carbocycles. The molecule has 1 heterocycles. The molecule has 2 aromatic rings. The van der Waals surface area contributed by atoms with E-state index in [0.717, 1.165) is 36.1 Å². The topological polar surface area (TPSA) is 50.2 Å². The smallest absolute Gasteiger partial charge is 0.274 e. The van der Waals surface area contributed by atoms with Crippen LogP contribution in [0.5, 0.6) is 0 Å². The quantitative estimate of drug-likeness (QED) is 0.796. The number of amides is 1. The predicted molar refractivity (Wildman–Crippen MR) is 104 cm³/mol. The first-order chi connectivity index (χ1) is 12.9. The molecule has 0 fully saturated rings. The normalized spacial score (nSPS) is 16.1. The number of aromatic nitrogens is 2. The van der Waals surface area contributed by atoms with E-state index < -0.39 is 0 Å². The van der Waals surface area contributed by atoms with Gasteiger partial charge in [-0.1, -0.05) is 18.2 Å². The van der Waals surface area contributed by atoms with Gasteiger partial charge in [0.05, 0.1) is 6.54 Å². The van der Waals surface area contributed by atoms with Crippen molar-refractivity contribution in [1.29, 1.82) is 0 Å². The molecule has 3 rings (SSSR count). The minimum Gasteiger partial charge on any atom is -0.343 e. The summed E-state index contributed by atoms with van der Waals surface area (Å²) in [5, 5.41) is 8.07. The number of benzene rings is 1. The molecule has 0 radical (unpaired) electrons. The van der Waals surface area contributed by atoms with Crippen LogP contribution in [0.1, 0.15) is 39.3 Å². The van der Waals surface area contributed by atoms with Crippen LogP contribution in [0.4, 0.5) is 4.39 Å². The summed E-state index contributed by atoms with van der Waals surface area (Å²) in [5.74, 6) is -0.250. The monoisotopic (exact) mass is 370 g/mol. The molecule has 5 nitrogen and oxygen atoms in total. The van der Waals surface area contributed by atoms with Gasteiger partial charge < -0.3 is 10.2 Å². The Morgan fingerprint density at radius 2 is 2.26 bits per heavy atom. The van der Waals surface area contributed by atoms with Crippen molar-refractivity contribution in [2.75, 3.05) is 14.1 Å². The number of hydrogen-bond donors (Lipinski definition) is 1. The molecule has 1 aromatic heterocycles. The second-order valence-electron chi connectivity index (χ2n) is 7.35. The number of hydrogen-bond acceptors (Lipinski definition) is 3. The van der Waals surface area contributed by atoms with Gasteiger partial charge in [-0.25, -0.2) is 4.39 Å². The van der Waals surface area contributed by atoms with E-state index in [1.165, 1.54) is 0 Å². The van der Waals surface area contributed by atoms with E-state index in [1.54, 1.807) is 44.1 Å². The number of carbonyl (C=O) groups excluding carboxylic acids is 1. The molecule has 1 unspecified atom stereocenters. The molecule has 144 valence electrons. The van der Waals surface area contributed by atoms with E-state index in [1.807, 2.05) is 10.7 Å². The number of halogens is 1. The fourth-order valence-electron chi connectivity index (χ4n) is 3.53. The Bertz CT molecular complexity index is 856. The summed E-state index contributed by atoms with van der Waals surface area (Å²) in [6, 6.07) is 5.57. The van der Waals surface area contributed by atoms with Gasteiger partial charge in [0.25, 0.3) is 5.91 Å². The number of allylic oxidation sites excluding steroid dienone is 1. The van der Waals surface area contributed by atoms with Gasteiger partial charge in [-0.05, 0) is 43.4 Å². The Hall–Kier alpha value is -2.47.